The van der Waals surface area contributed by atoms with Gasteiger partial charge in [0.15, 0.2) is 0 Å². The summed E-state index contributed by atoms with van der Waals surface area (Å²) in [5, 5.41) is 16.4. The molecule has 3 aromatic rings. The lowest BCUT2D eigenvalue weighted by Gasteiger charge is -2.11. The molecule has 3 rings (SSSR count). The van der Waals surface area contributed by atoms with Gasteiger partial charge < -0.3 is 10.6 Å². The number of carbonyl (C=O) groups is 2. The topological polar surface area (TPSA) is 101 Å². The van der Waals surface area contributed by atoms with Crippen molar-refractivity contribution in [1.29, 1.82) is 0 Å². The average Bonchev–Trinajstić information content (AvgIpc) is 2.70. The van der Waals surface area contributed by atoms with Crippen LogP contribution in [-0.4, -0.2) is 16.7 Å². The van der Waals surface area contributed by atoms with Crippen molar-refractivity contribution in [3.8, 4) is 0 Å². The fraction of sp³-hybridized carbons (Fsp3) is 0. The van der Waals surface area contributed by atoms with Crippen molar-refractivity contribution in [3.63, 3.8) is 0 Å². The van der Waals surface area contributed by atoms with Crippen LogP contribution in [0.3, 0.4) is 0 Å². The minimum Gasteiger partial charge on any atom is -0.322 e. The molecule has 0 aliphatic carbocycles. The SMILES string of the molecule is O=C(Nc1ccc(NC(=O)c2cc([N+](=O)[O-])ccc2Cl)cc1Br)c1ccccc1. The lowest BCUT2D eigenvalue weighted by atomic mass is 10.1. The Morgan fingerprint density at radius 2 is 1.66 bits per heavy atom. The van der Waals surface area contributed by atoms with Gasteiger partial charge in [0, 0.05) is 27.9 Å². The van der Waals surface area contributed by atoms with Crippen molar-refractivity contribution in [2.75, 3.05) is 10.6 Å². The highest BCUT2D eigenvalue weighted by molar-refractivity contribution is 9.10. The highest BCUT2D eigenvalue weighted by Crippen LogP contribution is 2.28. The van der Waals surface area contributed by atoms with Gasteiger partial charge >= 0.3 is 0 Å². The summed E-state index contributed by atoms with van der Waals surface area (Å²) in [6, 6.07) is 17.2. The standard InChI is InChI=1S/C20H13BrClN3O4/c21-16-10-13(6-9-18(16)24-19(26)12-4-2-1-3-5-12)23-20(27)15-11-14(25(28)29)7-8-17(15)22/h1-11H,(H,23,27)(H,24,26). The molecule has 0 saturated carbocycles. The third kappa shape index (κ3) is 4.98. The maximum Gasteiger partial charge on any atom is 0.270 e. The van der Waals surface area contributed by atoms with Crippen molar-refractivity contribution >= 4 is 56.4 Å². The number of benzene rings is 3. The molecule has 0 fully saturated rings. The predicted molar refractivity (Wildman–Crippen MR) is 115 cm³/mol. The van der Waals surface area contributed by atoms with E-state index in [9.17, 15) is 19.7 Å². The molecule has 29 heavy (non-hydrogen) atoms. The number of nitrogens with zero attached hydrogens (tertiary/aromatic N) is 1. The number of rotatable bonds is 5. The molecule has 0 radical (unpaired) electrons. The van der Waals surface area contributed by atoms with Gasteiger partial charge in [-0.05, 0) is 52.3 Å². The molecule has 7 nitrogen and oxygen atoms in total. The maximum atomic E-state index is 12.5. The minimum absolute atomic E-state index is 0.0153. The molecular weight excluding hydrogens is 462 g/mol. The molecule has 0 saturated heterocycles. The van der Waals surface area contributed by atoms with E-state index in [2.05, 4.69) is 26.6 Å². The molecule has 0 aliphatic heterocycles. The van der Waals surface area contributed by atoms with Gasteiger partial charge in [-0.3, -0.25) is 19.7 Å². The van der Waals surface area contributed by atoms with Gasteiger partial charge in [-0.15, -0.1) is 0 Å². The molecule has 0 atom stereocenters. The first-order chi connectivity index (χ1) is 13.8. The number of nitro benzene ring substituents is 1. The molecule has 0 spiro atoms. The van der Waals surface area contributed by atoms with Gasteiger partial charge in [-0.25, -0.2) is 0 Å². The van der Waals surface area contributed by atoms with Crippen molar-refractivity contribution in [3.05, 3.63) is 97.5 Å². The summed E-state index contributed by atoms with van der Waals surface area (Å²) >= 11 is 9.35. The van der Waals surface area contributed by atoms with E-state index in [1.807, 2.05) is 6.07 Å². The monoisotopic (exact) mass is 473 g/mol. The van der Waals surface area contributed by atoms with E-state index in [4.69, 9.17) is 11.6 Å². The van der Waals surface area contributed by atoms with Gasteiger partial charge in [0.05, 0.1) is 21.2 Å². The molecular formula is C20H13BrClN3O4. The van der Waals surface area contributed by atoms with E-state index in [0.29, 0.717) is 21.4 Å². The number of non-ortho nitro benzene ring substituents is 1. The van der Waals surface area contributed by atoms with E-state index in [-0.39, 0.29) is 22.2 Å². The Morgan fingerprint density at radius 1 is 0.931 bits per heavy atom. The Bertz CT molecular complexity index is 1110. The van der Waals surface area contributed by atoms with Crippen molar-refractivity contribution in [2.24, 2.45) is 0 Å². The van der Waals surface area contributed by atoms with Crippen molar-refractivity contribution in [2.45, 2.75) is 0 Å². The molecule has 0 aromatic heterocycles. The number of nitrogens with one attached hydrogen (secondary N) is 2. The van der Waals surface area contributed by atoms with Crippen LogP contribution in [0, 0.1) is 10.1 Å². The van der Waals surface area contributed by atoms with Crippen LogP contribution in [0.5, 0.6) is 0 Å². The number of hydrogen-bond donors (Lipinski definition) is 2. The van der Waals surface area contributed by atoms with Crippen LogP contribution < -0.4 is 10.6 Å². The number of halogens is 2. The summed E-state index contributed by atoms with van der Waals surface area (Å²) < 4.78 is 0.546. The van der Waals surface area contributed by atoms with Crippen LogP contribution in [0.25, 0.3) is 0 Å². The van der Waals surface area contributed by atoms with Gasteiger partial charge in [-0.2, -0.15) is 0 Å². The summed E-state index contributed by atoms with van der Waals surface area (Å²) in [5.41, 5.74) is 1.20. The first-order valence-corrected chi connectivity index (χ1v) is 9.43. The third-order valence-corrected chi connectivity index (χ3v) is 4.90. The van der Waals surface area contributed by atoms with Gasteiger partial charge in [0.2, 0.25) is 0 Å². The Morgan fingerprint density at radius 3 is 2.31 bits per heavy atom. The number of hydrogen-bond acceptors (Lipinski definition) is 4. The van der Waals surface area contributed by atoms with Crippen LogP contribution >= 0.6 is 27.5 Å². The van der Waals surface area contributed by atoms with E-state index in [1.54, 1.807) is 42.5 Å². The van der Waals surface area contributed by atoms with Gasteiger partial charge in [0.25, 0.3) is 17.5 Å². The van der Waals surface area contributed by atoms with Crippen molar-refractivity contribution < 1.29 is 14.5 Å². The number of anilines is 2. The Hall–Kier alpha value is -3.23. The lowest BCUT2D eigenvalue weighted by molar-refractivity contribution is -0.384. The summed E-state index contributed by atoms with van der Waals surface area (Å²) in [6.07, 6.45) is 0. The molecule has 0 aliphatic rings. The van der Waals surface area contributed by atoms with Crippen LogP contribution in [0.15, 0.2) is 71.2 Å². The van der Waals surface area contributed by atoms with Gasteiger partial charge in [-0.1, -0.05) is 29.8 Å². The molecule has 0 heterocycles. The van der Waals surface area contributed by atoms with Crippen LogP contribution in [0.4, 0.5) is 17.1 Å². The summed E-state index contributed by atoms with van der Waals surface area (Å²) in [7, 11) is 0. The predicted octanol–water partition coefficient (Wildman–Crippen LogP) is 5.52. The Kier molecular flexibility index (Phi) is 6.26. The van der Waals surface area contributed by atoms with E-state index < -0.39 is 10.8 Å². The van der Waals surface area contributed by atoms with Crippen LogP contribution in [0.2, 0.25) is 5.02 Å². The first kappa shape index (κ1) is 20.5. The molecule has 9 heteroatoms. The molecule has 2 N–H and O–H groups in total. The first-order valence-electron chi connectivity index (χ1n) is 8.26. The number of carbonyl (C=O) groups excluding carboxylic acids is 2. The Balaban J connectivity index is 1.75. The summed E-state index contributed by atoms with van der Waals surface area (Å²) in [5.74, 6) is -0.863. The molecule has 146 valence electrons. The minimum atomic E-state index is -0.603. The smallest absolute Gasteiger partial charge is 0.270 e. The van der Waals surface area contributed by atoms with E-state index >= 15 is 0 Å². The maximum absolute atomic E-state index is 12.5. The second-order valence-corrected chi connectivity index (χ2v) is 7.15. The average molecular weight is 475 g/mol. The summed E-state index contributed by atoms with van der Waals surface area (Å²) in [4.78, 5) is 35.0. The second-order valence-electron chi connectivity index (χ2n) is 5.89. The summed E-state index contributed by atoms with van der Waals surface area (Å²) in [6.45, 7) is 0. The largest absolute Gasteiger partial charge is 0.322 e. The fourth-order valence-corrected chi connectivity index (χ4v) is 3.16. The third-order valence-electron chi connectivity index (χ3n) is 3.92. The van der Waals surface area contributed by atoms with Gasteiger partial charge in [0.1, 0.15) is 0 Å². The molecule has 0 unspecified atom stereocenters. The van der Waals surface area contributed by atoms with Crippen LogP contribution in [-0.2, 0) is 0 Å². The van der Waals surface area contributed by atoms with E-state index in [1.165, 1.54) is 12.1 Å². The number of amides is 2. The molecule has 0 bridgehead atoms. The highest BCUT2D eigenvalue weighted by Gasteiger charge is 2.16. The zero-order valence-corrected chi connectivity index (χ0v) is 17.0. The lowest BCUT2D eigenvalue weighted by Crippen LogP contribution is -2.14. The van der Waals surface area contributed by atoms with Crippen LogP contribution in [0.1, 0.15) is 20.7 Å². The molecule has 2 amide bonds. The van der Waals surface area contributed by atoms with E-state index in [0.717, 1.165) is 6.07 Å². The zero-order valence-electron chi connectivity index (χ0n) is 14.7. The Labute approximate surface area is 179 Å². The quantitative estimate of drug-likeness (QED) is 0.376. The normalized spacial score (nSPS) is 10.3. The highest BCUT2D eigenvalue weighted by atomic mass is 79.9. The molecule has 3 aromatic carbocycles. The second kappa shape index (κ2) is 8.85. The fourth-order valence-electron chi connectivity index (χ4n) is 2.48. The number of nitro groups is 1. The zero-order chi connectivity index (χ0) is 21.0. The van der Waals surface area contributed by atoms with Crippen molar-refractivity contribution in [1.82, 2.24) is 0 Å².